The first-order valence-electron chi connectivity index (χ1n) is 8.61. The molecular formula is C19H18ClN5O2. The fourth-order valence-corrected chi connectivity index (χ4v) is 3.33. The number of carbonyl (C=O) groups is 1. The van der Waals surface area contributed by atoms with Gasteiger partial charge in [-0.2, -0.15) is 5.10 Å². The molecule has 2 aromatic heterocycles. The standard InChI is InChI=1S/C19H18ClN5O2/c1-24-10-14(9-21-24)18-22-16(12-2-4-15(20)5-3-12)8-17(23-18)25-7-6-13(11-25)19(26)27/h2-5,8-10,13H,6-7,11H2,1H3,(H,26,27). The maximum Gasteiger partial charge on any atom is 0.308 e. The van der Waals surface area contributed by atoms with Gasteiger partial charge >= 0.3 is 5.97 Å². The van der Waals surface area contributed by atoms with Crippen LogP contribution in [0, 0.1) is 5.92 Å². The lowest BCUT2D eigenvalue weighted by Crippen LogP contribution is -2.23. The number of benzene rings is 1. The van der Waals surface area contributed by atoms with Crippen LogP contribution in [0.3, 0.4) is 0 Å². The Labute approximate surface area is 161 Å². The minimum Gasteiger partial charge on any atom is -0.481 e. The highest BCUT2D eigenvalue weighted by Crippen LogP contribution is 2.29. The van der Waals surface area contributed by atoms with Crippen molar-refractivity contribution in [1.29, 1.82) is 0 Å². The van der Waals surface area contributed by atoms with Crippen molar-refractivity contribution in [2.24, 2.45) is 13.0 Å². The number of hydrogen-bond acceptors (Lipinski definition) is 5. The Morgan fingerprint density at radius 3 is 2.63 bits per heavy atom. The number of rotatable bonds is 4. The van der Waals surface area contributed by atoms with E-state index in [-0.39, 0.29) is 5.92 Å². The van der Waals surface area contributed by atoms with Crippen molar-refractivity contribution < 1.29 is 9.90 Å². The van der Waals surface area contributed by atoms with Crippen molar-refractivity contribution in [1.82, 2.24) is 19.7 Å². The minimum atomic E-state index is -0.767. The summed E-state index contributed by atoms with van der Waals surface area (Å²) in [4.78, 5) is 22.7. The number of aliphatic carboxylic acids is 1. The second kappa shape index (κ2) is 7.00. The molecule has 0 amide bonds. The summed E-state index contributed by atoms with van der Waals surface area (Å²) in [6.45, 7) is 1.10. The summed E-state index contributed by atoms with van der Waals surface area (Å²) in [5.74, 6) is 0.139. The van der Waals surface area contributed by atoms with Crippen molar-refractivity contribution in [3.05, 3.63) is 47.7 Å². The van der Waals surface area contributed by atoms with Gasteiger partial charge in [0.2, 0.25) is 0 Å². The second-order valence-corrected chi connectivity index (χ2v) is 7.05. The first kappa shape index (κ1) is 17.5. The van der Waals surface area contributed by atoms with Crippen LogP contribution in [0.1, 0.15) is 6.42 Å². The van der Waals surface area contributed by atoms with Gasteiger partial charge in [0.1, 0.15) is 5.82 Å². The molecular weight excluding hydrogens is 366 g/mol. The predicted octanol–water partition coefficient (Wildman–Crippen LogP) is 3.11. The molecule has 1 fully saturated rings. The third-order valence-corrected chi connectivity index (χ3v) is 4.93. The first-order chi connectivity index (χ1) is 13.0. The van der Waals surface area contributed by atoms with Crippen LogP contribution in [0.4, 0.5) is 5.82 Å². The van der Waals surface area contributed by atoms with Crippen molar-refractivity contribution in [2.45, 2.75) is 6.42 Å². The summed E-state index contributed by atoms with van der Waals surface area (Å²) in [6.07, 6.45) is 4.18. The van der Waals surface area contributed by atoms with Gasteiger partial charge in [-0.1, -0.05) is 23.7 Å². The van der Waals surface area contributed by atoms with E-state index >= 15 is 0 Å². The van der Waals surface area contributed by atoms with Gasteiger partial charge in [0.25, 0.3) is 0 Å². The Balaban J connectivity index is 1.77. The van der Waals surface area contributed by atoms with Crippen LogP contribution >= 0.6 is 11.6 Å². The fourth-order valence-electron chi connectivity index (χ4n) is 3.20. The third kappa shape index (κ3) is 3.64. The van der Waals surface area contributed by atoms with Crippen LogP contribution in [0.2, 0.25) is 5.02 Å². The fraction of sp³-hybridized carbons (Fsp3) is 0.263. The zero-order valence-corrected chi connectivity index (χ0v) is 15.5. The summed E-state index contributed by atoms with van der Waals surface area (Å²) < 4.78 is 1.70. The number of nitrogens with zero attached hydrogens (tertiary/aromatic N) is 5. The molecule has 3 aromatic rings. The van der Waals surface area contributed by atoms with Crippen molar-refractivity contribution >= 4 is 23.4 Å². The van der Waals surface area contributed by atoms with Crippen molar-refractivity contribution in [2.75, 3.05) is 18.0 Å². The molecule has 0 saturated carbocycles. The lowest BCUT2D eigenvalue weighted by Gasteiger charge is -2.18. The van der Waals surface area contributed by atoms with E-state index in [9.17, 15) is 9.90 Å². The van der Waals surface area contributed by atoms with Gasteiger partial charge in [0.15, 0.2) is 5.82 Å². The summed E-state index contributed by atoms with van der Waals surface area (Å²) in [5, 5.41) is 14.1. The van der Waals surface area contributed by atoms with Crippen molar-refractivity contribution in [3.8, 4) is 22.6 Å². The molecule has 0 aliphatic carbocycles. The largest absolute Gasteiger partial charge is 0.481 e. The average molecular weight is 384 g/mol. The number of carboxylic acids is 1. The third-order valence-electron chi connectivity index (χ3n) is 4.68. The lowest BCUT2D eigenvalue weighted by atomic mass is 10.1. The highest BCUT2D eigenvalue weighted by molar-refractivity contribution is 6.30. The van der Waals surface area contributed by atoms with E-state index < -0.39 is 5.97 Å². The van der Waals surface area contributed by atoms with E-state index in [0.29, 0.717) is 30.4 Å². The number of aryl methyl sites for hydroxylation is 1. The molecule has 1 atom stereocenters. The van der Waals surface area contributed by atoms with Crippen LogP contribution < -0.4 is 4.90 Å². The lowest BCUT2D eigenvalue weighted by molar-refractivity contribution is -0.140. The molecule has 1 aliphatic rings. The van der Waals surface area contributed by atoms with Crippen LogP contribution in [0.15, 0.2) is 42.7 Å². The molecule has 1 saturated heterocycles. The SMILES string of the molecule is Cn1cc(-c2nc(-c3ccc(Cl)cc3)cc(N3CCC(C(=O)O)C3)n2)cn1. The summed E-state index contributed by atoms with van der Waals surface area (Å²) >= 11 is 6.00. The highest BCUT2D eigenvalue weighted by Gasteiger charge is 2.29. The monoisotopic (exact) mass is 383 g/mol. The molecule has 4 rings (SSSR count). The number of anilines is 1. The van der Waals surface area contributed by atoms with E-state index in [1.54, 1.807) is 10.9 Å². The normalized spacial score (nSPS) is 16.7. The maximum atomic E-state index is 11.3. The topological polar surface area (TPSA) is 84.1 Å². The summed E-state index contributed by atoms with van der Waals surface area (Å²) in [6, 6.07) is 9.35. The van der Waals surface area contributed by atoms with Gasteiger partial charge in [-0.15, -0.1) is 0 Å². The summed E-state index contributed by atoms with van der Waals surface area (Å²) in [5.41, 5.74) is 2.49. The van der Waals surface area contributed by atoms with E-state index in [2.05, 4.69) is 10.1 Å². The van der Waals surface area contributed by atoms with Gasteiger partial charge in [0.05, 0.1) is 23.4 Å². The molecule has 1 aliphatic heterocycles. The quantitative estimate of drug-likeness (QED) is 0.745. The zero-order valence-electron chi connectivity index (χ0n) is 14.7. The Kier molecular flexibility index (Phi) is 4.53. The average Bonchev–Trinajstić information content (AvgIpc) is 3.31. The van der Waals surface area contributed by atoms with Gasteiger partial charge in [0, 0.05) is 43.0 Å². The molecule has 7 nitrogen and oxygen atoms in total. The first-order valence-corrected chi connectivity index (χ1v) is 8.99. The van der Waals surface area contributed by atoms with E-state index in [1.807, 2.05) is 48.5 Å². The number of carboxylic acid groups (broad SMARTS) is 1. The Morgan fingerprint density at radius 1 is 1.22 bits per heavy atom. The van der Waals surface area contributed by atoms with Crippen LogP contribution in [0.5, 0.6) is 0 Å². The number of hydrogen-bond donors (Lipinski definition) is 1. The zero-order chi connectivity index (χ0) is 19.0. The van der Waals surface area contributed by atoms with E-state index in [4.69, 9.17) is 16.6 Å². The van der Waals surface area contributed by atoms with E-state index in [0.717, 1.165) is 22.6 Å². The van der Waals surface area contributed by atoms with Crippen LogP contribution in [-0.4, -0.2) is 43.9 Å². The van der Waals surface area contributed by atoms with Gasteiger partial charge in [-0.05, 0) is 18.6 Å². The number of halogens is 1. The maximum absolute atomic E-state index is 11.3. The van der Waals surface area contributed by atoms with Crippen LogP contribution in [-0.2, 0) is 11.8 Å². The van der Waals surface area contributed by atoms with Gasteiger partial charge in [-0.3, -0.25) is 9.48 Å². The molecule has 0 spiro atoms. The highest BCUT2D eigenvalue weighted by atomic mass is 35.5. The van der Waals surface area contributed by atoms with E-state index in [1.165, 1.54) is 0 Å². The minimum absolute atomic E-state index is 0.374. The molecule has 0 bridgehead atoms. The van der Waals surface area contributed by atoms with Crippen LogP contribution in [0.25, 0.3) is 22.6 Å². The molecule has 1 aromatic carbocycles. The molecule has 0 radical (unpaired) electrons. The summed E-state index contributed by atoms with van der Waals surface area (Å²) in [7, 11) is 1.84. The Morgan fingerprint density at radius 2 is 2.00 bits per heavy atom. The molecule has 27 heavy (non-hydrogen) atoms. The number of aromatic nitrogens is 4. The molecule has 138 valence electrons. The second-order valence-electron chi connectivity index (χ2n) is 6.61. The molecule has 8 heteroatoms. The van der Waals surface area contributed by atoms with Gasteiger partial charge in [-0.25, -0.2) is 9.97 Å². The smallest absolute Gasteiger partial charge is 0.308 e. The Bertz CT molecular complexity index is 986. The van der Waals surface area contributed by atoms with Crippen molar-refractivity contribution in [3.63, 3.8) is 0 Å². The molecule has 3 heterocycles. The molecule has 1 unspecified atom stereocenters. The van der Waals surface area contributed by atoms with Gasteiger partial charge < -0.3 is 10.0 Å². The predicted molar refractivity (Wildman–Crippen MR) is 103 cm³/mol. The molecule has 1 N–H and O–H groups in total. The Hall–Kier alpha value is -2.93.